The quantitative estimate of drug-likeness (QED) is 0.910. The number of hydrogen-bond acceptors (Lipinski definition) is 6. The zero-order chi connectivity index (χ0) is 14.5. The van der Waals surface area contributed by atoms with Crippen LogP contribution in [0.25, 0.3) is 0 Å². The van der Waals surface area contributed by atoms with E-state index in [2.05, 4.69) is 23.7 Å². The summed E-state index contributed by atoms with van der Waals surface area (Å²) in [5, 5.41) is 0.821. The molecule has 0 atom stereocenters. The number of anilines is 2. The lowest BCUT2D eigenvalue weighted by atomic mass is 10.3. The Morgan fingerprint density at radius 1 is 1.40 bits per heavy atom. The maximum atomic E-state index is 12.5. The van der Waals surface area contributed by atoms with Gasteiger partial charge in [0, 0.05) is 32.8 Å². The smallest absolute Gasteiger partial charge is 0.267 e. The van der Waals surface area contributed by atoms with E-state index in [9.17, 15) is 4.79 Å². The second kappa shape index (κ2) is 6.90. The van der Waals surface area contributed by atoms with Crippen LogP contribution in [0.15, 0.2) is 0 Å². The number of ether oxygens (including phenoxy) is 1. The number of aromatic nitrogens is 1. The van der Waals surface area contributed by atoms with Crippen molar-refractivity contribution in [1.29, 1.82) is 0 Å². The van der Waals surface area contributed by atoms with E-state index in [-0.39, 0.29) is 5.91 Å². The number of rotatable bonds is 4. The molecule has 20 heavy (non-hydrogen) atoms. The molecule has 0 spiro atoms. The maximum absolute atomic E-state index is 12.5. The Hall–Kier alpha value is -1.34. The molecule has 1 aliphatic rings. The maximum Gasteiger partial charge on any atom is 0.267 e. The fraction of sp³-hybridized carbons (Fsp3) is 0.692. The lowest BCUT2D eigenvalue weighted by Gasteiger charge is -2.18. The Morgan fingerprint density at radius 3 is 2.85 bits per heavy atom. The van der Waals surface area contributed by atoms with Crippen molar-refractivity contribution in [2.45, 2.75) is 20.3 Å². The number of nitrogens with zero attached hydrogens (tertiary/aromatic N) is 3. The summed E-state index contributed by atoms with van der Waals surface area (Å²) in [6.45, 7) is 8.49. The van der Waals surface area contributed by atoms with E-state index in [0.717, 1.165) is 31.2 Å². The van der Waals surface area contributed by atoms with Crippen LogP contribution in [-0.2, 0) is 4.74 Å². The van der Waals surface area contributed by atoms with E-state index in [1.807, 2.05) is 4.90 Å². The number of nitrogen functional groups attached to an aromatic ring is 1. The first-order chi connectivity index (χ1) is 9.67. The molecule has 1 aliphatic heterocycles. The van der Waals surface area contributed by atoms with Crippen LogP contribution in [0.3, 0.4) is 0 Å². The van der Waals surface area contributed by atoms with Crippen molar-refractivity contribution in [1.82, 2.24) is 9.88 Å². The molecule has 0 bridgehead atoms. The zero-order valence-corrected chi connectivity index (χ0v) is 12.9. The Labute approximate surface area is 123 Å². The molecule has 1 aromatic rings. The fourth-order valence-corrected chi connectivity index (χ4v) is 3.28. The minimum absolute atomic E-state index is 0.0242. The van der Waals surface area contributed by atoms with Gasteiger partial charge in [0.25, 0.3) is 5.91 Å². The molecule has 0 radical (unpaired) electrons. The molecule has 0 aliphatic carbocycles. The number of thiazole rings is 1. The molecule has 2 heterocycles. The predicted molar refractivity (Wildman–Crippen MR) is 81.4 cm³/mol. The van der Waals surface area contributed by atoms with Crippen LogP contribution in [0, 0.1) is 0 Å². The molecule has 7 heteroatoms. The van der Waals surface area contributed by atoms with Crippen LogP contribution in [0.2, 0.25) is 0 Å². The zero-order valence-electron chi connectivity index (χ0n) is 12.1. The van der Waals surface area contributed by atoms with Gasteiger partial charge in [-0.2, -0.15) is 0 Å². The van der Waals surface area contributed by atoms with Gasteiger partial charge in [0.15, 0.2) is 5.13 Å². The summed E-state index contributed by atoms with van der Waals surface area (Å²) in [6, 6.07) is 0. The van der Waals surface area contributed by atoms with Crippen molar-refractivity contribution in [3.63, 3.8) is 0 Å². The minimum atomic E-state index is -0.0242. The summed E-state index contributed by atoms with van der Waals surface area (Å²) < 4.78 is 5.37. The van der Waals surface area contributed by atoms with Gasteiger partial charge in [-0.3, -0.25) is 4.79 Å². The topological polar surface area (TPSA) is 71.7 Å². The van der Waals surface area contributed by atoms with Gasteiger partial charge in [-0.25, -0.2) is 4.98 Å². The van der Waals surface area contributed by atoms with Crippen molar-refractivity contribution < 1.29 is 9.53 Å². The van der Waals surface area contributed by atoms with Crippen molar-refractivity contribution in [3.8, 4) is 0 Å². The van der Waals surface area contributed by atoms with E-state index >= 15 is 0 Å². The summed E-state index contributed by atoms with van der Waals surface area (Å²) >= 11 is 1.38. The molecule has 1 aromatic heterocycles. The van der Waals surface area contributed by atoms with Crippen molar-refractivity contribution in [2.75, 3.05) is 50.0 Å². The minimum Gasteiger partial charge on any atom is -0.382 e. The molecule has 1 fully saturated rings. The highest BCUT2D eigenvalue weighted by molar-refractivity contribution is 7.18. The molecule has 6 nitrogen and oxygen atoms in total. The average Bonchev–Trinajstić information content (AvgIpc) is 2.68. The van der Waals surface area contributed by atoms with Crippen LogP contribution in [-0.4, -0.2) is 55.2 Å². The lowest BCUT2D eigenvalue weighted by molar-refractivity contribution is 0.0747. The second-order valence-electron chi connectivity index (χ2n) is 4.64. The van der Waals surface area contributed by atoms with Crippen LogP contribution >= 0.6 is 11.3 Å². The molecule has 0 aromatic carbocycles. The highest BCUT2D eigenvalue weighted by atomic mass is 32.1. The first kappa shape index (κ1) is 15.1. The van der Waals surface area contributed by atoms with Gasteiger partial charge in [0.05, 0.1) is 6.61 Å². The van der Waals surface area contributed by atoms with Crippen molar-refractivity contribution in [2.24, 2.45) is 0 Å². The third kappa shape index (κ3) is 3.21. The lowest BCUT2D eigenvalue weighted by Crippen LogP contribution is -2.33. The highest BCUT2D eigenvalue weighted by Gasteiger charge is 2.24. The Bertz CT molecular complexity index is 451. The molecule has 1 amide bonds. The highest BCUT2D eigenvalue weighted by Crippen LogP contribution is 2.29. The molecule has 0 saturated carbocycles. The summed E-state index contributed by atoms with van der Waals surface area (Å²) in [6.07, 6.45) is 0.868. The average molecular weight is 298 g/mol. The van der Waals surface area contributed by atoms with Crippen LogP contribution in [0.4, 0.5) is 10.9 Å². The number of carbonyl (C=O) groups excluding carboxylic acids is 1. The standard InChI is InChI=1S/C13H22N4O2S/c1-3-16(4-2)13-15-11(14)10(20-13)12(18)17-6-5-8-19-9-7-17/h3-9,14H2,1-2H3. The van der Waals surface area contributed by atoms with Crippen LogP contribution < -0.4 is 10.6 Å². The van der Waals surface area contributed by atoms with Gasteiger partial charge in [-0.1, -0.05) is 11.3 Å². The fourth-order valence-electron chi connectivity index (χ4n) is 2.20. The summed E-state index contributed by atoms with van der Waals surface area (Å²) in [5.74, 6) is 0.316. The van der Waals surface area contributed by atoms with E-state index in [1.54, 1.807) is 0 Å². The number of nitrogens with two attached hydrogens (primary N) is 1. The Balaban J connectivity index is 2.16. The van der Waals surface area contributed by atoms with Gasteiger partial charge >= 0.3 is 0 Å². The number of amides is 1. The van der Waals surface area contributed by atoms with Gasteiger partial charge in [0.1, 0.15) is 10.7 Å². The Morgan fingerprint density at radius 2 is 2.15 bits per heavy atom. The van der Waals surface area contributed by atoms with Gasteiger partial charge < -0.3 is 20.3 Å². The normalized spacial score (nSPS) is 16.0. The largest absolute Gasteiger partial charge is 0.382 e. The summed E-state index contributed by atoms with van der Waals surface area (Å²) in [7, 11) is 0. The third-order valence-electron chi connectivity index (χ3n) is 3.38. The first-order valence-electron chi connectivity index (χ1n) is 7.05. The van der Waals surface area contributed by atoms with Crippen LogP contribution in [0.5, 0.6) is 0 Å². The van der Waals surface area contributed by atoms with Crippen molar-refractivity contribution >= 4 is 28.2 Å². The number of hydrogen-bond donors (Lipinski definition) is 1. The molecule has 2 N–H and O–H groups in total. The van der Waals surface area contributed by atoms with E-state index in [4.69, 9.17) is 10.5 Å². The number of carbonyl (C=O) groups is 1. The van der Waals surface area contributed by atoms with E-state index < -0.39 is 0 Å². The van der Waals surface area contributed by atoms with Gasteiger partial charge in [0.2, 0.25) is 0 Å². The Kier molecular flexibility index (Phi) is 5.19. The van der Waals surface area contributed by atoms with E-state index in [0.29, 0.717) is 30.5 Å². The molecular weight excluding hydrogens is 276 g/mol. The summed E-state index contributed by atoms with van der Waals surface area (Å²) in [5.41, 5.74) is 5.93. The SMILES string of the molecule is CCN(CC)c1nc(N)c(C(=O)N2CCCOCC2)s1. The molecule has 112 valence electrons. The monoisotopic (exact) mass is 298 g/mol. The molecule has 2 rings (SSSR count). The predicted octanol–water partition coefficient (Wildman–Crippen LogP) is 1.43. The second-order valence-corrected chi connectivity index (χ2v) is 5.62. The molecule has 0 unspecified atom stereocenters. The van der Waals surface area contributed by atoms with Crippen molar-refractivity contribution in [3.05, 3.63) is 4.88 Å². The van der Waals surface area contributed by atoms with Crippen LogP contribution in [0.1, 0.15) is 29.9 Å². The first-order valence-corrected chi connectivity index (χ1v) is 7.87. The molecular formula is C13H22N4O2S. The van der Waals surface area contributed by atoms with E-state index in [1.165, 1.54) is 11.3 Å². The summed E-state index contributed by atoms with van der Waals surface area (Å²) in [4.78, 5) is 21.3. The third-order valence-corrected chi connectivity index (χ3v) is 4.50. The van der Waals surface area contributed by atoms with Gasteiger partial charge in [-0.05, 0) is 20.3 Å². The van der Waals surface area contributed by atoms with Gasteiger partial charge in [-0.15, -0.1) is 0 Å². The molecule has 1 saturated heterocycles.